The first-order chi connectivity index (χ1) is 6.52. The number of rotatable bonds is 3. The van der Waals surface area contributed by atoms with Crippen molar-refractivity contribution in [1.29, 1.82) is 0 Å². The predicted molar refractivity (Wildman–Crippen MR) is 54.0 cm³/mol. The molecule has 0 amide bonds. The third-order valence-electron chi connectivity index (χ3n) is 2.83. The van der Waals surface area contributed by atoms with Crippen molar-refractivity contribution in [3.63, 3.8) is 0 Å². The summed E-state index contributed by atoms with van der Waals surface area (Å²) in [6, 6.07) is 0. The molecule has 2 atom stereocenters. The average Bonchev–Trinajstić information content (AvgIpc) is 2.01. The van der Waals surface area contributed by atoms with Crippen molar-refractivity contribution in [2.45, 2.75) is 44.6 Å². The van der Waals surface area contributed by atoms with Crippen LogP contribution in [0.2, 0.25) is 0 Å². The fraction of sp³-hybridized carbons (Fsp3) is 0.727. The molecule has 0 bridgehead atoms. The fourth-order valence-electron chi connectivity index (χ4n) is 2.20. The van der Waals surface area contributed by atoms with E-state index in [1.54, 1.807) is 6.08 Å². The average molecular weight is 198 g/mol. The Morgan fingerprint density at radius 1 is 1.64 bits per heavy atom. The van der Waals surface area contributed by atoms with Crippen LogP contribution in [0.15, 0.2) is 12.2 Å². The number of aliphatic carboxylic acids is 1. The van der Waals surface area contributed by atoms with Gasteiger partial charge in [-0.1, -0.05) is 25.8 Å². The number of carboxylic acid groups (broad SMARTS) is 1. The van der Waals surface area contributed by atoms with Crippen LogP contribution in [0.25, 0.3) is 0 Å². The molecule has 1 fully saturated rings. The second-order valence-corrected chi connectivity index (χ2v) is 4.37. The van der Waals surface area contributed by atoms with Crippen molar-refractivity contribution in [2.24, 2.45) is 5.92 Å². The molecule has 0 aromatic heterocycles. The minimum Gasteiger partial charge on any atom is -0.478 e. The second kappa shape index (κ2) is 4.60. The Morgan fingerprint density at radius 2 is 2.36 bits per heavy atom. The van der Waals surface area contributed by atoms with Gasteiger partial charge in [-0.05, 0) is 25.2 Å². The summed E-state index contributed by atoms with van der Waals surface area (Å²) in [5, 5.41) is 18.5. The van der Waals surface area contributed by atoms with Crippen molar-refractivity contribution in [2.75, 3.05) is 0 Å². The molecule has 1 saturated carbocycles. The van der Waals surface area contributed by atoms with E-state index in [1.807, 2.05) is 0 Å². The molecule has 80 valence electrons. The highest BCUT2D eigenvalue weighted by Crippen LogP contribution is 2.34. The second-order valence-electron chi connectivity index (χ2n) is 4.37. The summed E-state index contributed by atoms with van der Waals surface area (Å²) in [6.45, 7) is 2.13. The van der Waals surface area contributed by atoms with Crippen molar-refractivity contribution >= 4 is 5.97 Å². The molecule has 2 N–H and O–H groups in total. The van der Waals surface area contributed by atoms with Crippen LogP contribution in [0.3, 0.4) is 0 Å². The van der Waals surface area contributed by atoms with Gasteiger partial charge >= 0.3 is 5.97 Å². The zero-order valence-corrected chi connectivity index (χ0v) is 8.57. The van der Waals surface area contributed by atoms with Gasteiger partial charge in [-0.15, -0.1) is 0 Å². The molecule has 0 radical (unpaired) electrons. The van der Waals surface area contributed by atoms with E-state index in [0.29, 0.717) is 12.3 Å². The lowest BCUT2D eigenvalue weighted by atomic mass is 9.77. The first kappa shape index (κ1) is 11.2. The number of hydrogen-bond acceptors (Lipinski definition) is 2. The molecular formula is C11H18O3. The minimum atomic E-state index is -0.947. The third-order valence-corrected chi connectivity index (χ3v) is 2.83. The van der Waals surface area contributed by atoms with Gasteiger partial charge in [-0.3, -0.25) is 0 Å². The van der Waals surface area contributed by atoms with Crippen LogP contribution < -0.4 is 0 Å². The van der Waals surface area contributed by atoms with Crippen LogP contribution in [-0.4, -0.2) is 21.8 Å². The highest BCUT2D eigenvalue weighted by molar-refractivity contribution is 5.79. The first-order valence-corrected chi connectivity index (χ1v) is 5.14. The van der Waals surface area contributed by atoms with Crippen LogP contribution in [0.5, 0.6) is 0 Å². The maximum absolute atomic E-state index is 10.2. The molecule has 3 heteroatoms. The summed E-state index contributed by atoms with van der Waals surface area (Å²) in [4.78, 5) is 10.2. The number of carboxylic acids is 1. The molecule has 14 heavy (non-hydrogen) atoms. The lowest BCUT2D eigenvalue weighted by molar-refractivity contribution is -0.131. The molecule has 3 nitrogen and oxygen atoms in total. The maximum atomic E-state index is 10.2. The minimum absolute atomic E-state index is 0.462. The van der Waals surface area contributed by atoms with E-state index in [9.17, 15) is 9.90 Å². The van der Waals surface area contributed by atoms with Gasteiger partial charge in [0, 0.05) is 6.08 Å². The molecule has 0 aromatic carbocycles. The Morgan fingerprint density at radius 3 is 2.93 bits per heavy atom. The van der Waals surface area contributed by atoms with Crippen LogP contribution in [0.1, 0.15) is 39.0 Å². The molecule has 0 heterocycles. The zero-order chi connectivity index (χ0) is 10.6. The Balaban J connectivity index is 2.44. The van der Waals surface area contributed by atoms with Gasteiger partial charge in [0.25, 0.3) is 0 Å². The van der Waals surface area contributed by atoms with Crippen LogP contribution in [-0.2, 0) is 4.79 Å². The van der Waals surface area contributed by atoms with E-state index in [2.05, 4.69) is 6.92 Å². The summed E-state index contributed by atoms with van der Waals surface area (Å²) < 4.78 is 0. The van der Waals surface area contributed by atoms with Gasteiger partial charge in [0.15, 0.2) is 0 Å². The summed E-state index contributed by atoms with van der Waals surface area (Å²) in [7, 11) is 0. The van der Waals surface area contributed by atoms with E-state index in [4.69, 9.17) is 5.11 Å². The lowest BCUT2D eigenvalue weighted by Crippen LogP contribution is -2.33. The smallest absolute Gasteiger partial charge is 0.327 e. The van der Waals surface area contributed by atoms with Crippen LogP contribution >= 0.6 is 0 Å². The molecule has 0 saturated heterocycles. The normalized spacial score (nSPS) is 33.4. The first-order valence-electron chi connectivity index (χ1n) is 5.14. The number of hydrogen-bond donors (Lipinski definition) is 2. The number of aliphatic hydroxyl groups is 1. The van der Waals surface area contributed by atoms with Gasteiger partial charge in [-0.25, -0.2) is 4.79 Å². The highest BCUT2D eigenvalue weighted by atomic mass is 16.4. The summed E-state index contributed by atoms with van der Waals surface area (Å²) >= 11 is 0. The molecule has 1 rings (SSSR count). The van der Waals surface area contributed by atoms with Crippen molar-refractivity contribution in [3.8, 4) is 0 Å². The van der Waals surface area contributed by atoms with Gasteiger partial charge in [0.05, 0.1) is 5.60 Å². The standard InChI is InChI=1S/C11H18O3/c1-9-4-2-6-11(14,8-9)7-3-5-10(12)13/h3,5,9,14H,2,4,6-8H2,1H3,(H,12,13)/b5-3+. The molecule has 1 aliphatic rings. The Bertz CT molecular complexity index is 235. The quantitative estimate of drug-likeness (QED) is 0.681. The molecule has 0 spiro atoms. The fourth-order valence-corrected chi connectivity index (χ4v) is 2.20. The summed E-state index contributed by atoms with van der Waals surface area (Å²) in [5.41, 5.74) is -0.663. The molecular weight excluding hydrogens is 180 g/mol. The largest absolute Gasteiger partial charge is 0.478 e. The molecule has 0 aliphatic heterocycles. The van der Waals surface area contributed by atoms with Crippen molar-refractivity contribution in [3.05, 3.63) is 12.2 Å². The summed E-state index contributed by atoms with van der Waals surface area (Å²) in [5.74, 6) is -0.399. The SMILES string of the molecule is CC1CCCC(O)(C/C=C/C(=O)O)C1. The van der Waals surface area contributed by atoms with E-state index in [-0.39, 0.29) is 0 Å². The molecule has 0 aromatic rings. The monoisotopic (exact) mass is 198 g/mol. The Labute approximate surface area is 84.4 Å². The van der Waals surface area contributed by atoms with E-state index < -0.39 is 11.6 Å². The topological polar surface area (TPSA) is 57.5 Å². The van der Waals surface area contributed by atoms with Gasteiger partial charge in [0.2, 0.25) is 0 Å². The van der Waals surface area contributed by atoms with E-state index in [1.165, 1.54) is 6.42 Å². The van der Waals surface area contributed by atoms with Gasteiger partial charge in [-0.2, -0.15) is 0 Å². The molecule has 2 unspecified atom stereocenters. The van der Waals surface area contributed by atoms with E-state index >= 15 is 0 Å². The third kappa shape index (κ3) is 3.50. The Kier molecular flexibility index (Phi) is 3.69. The maximum Gasteiger partial charge on any atom is 0.327 e. The zero-order valence-electron chi connectivity index (χ0n) is 8.57. The predicted octanol–water partition coefficient (Wildman–Crippen LogP) is 1.96. The van der Waals surface area contributed by atoms with Crippen LogP contribution in [0, 0.1) is 5.92 Å². The lowest BCUT2D eigenvalue weighted by Gasteiger charge is -2.34. The number of carbonyl (C=O) groups is 1. The van der Waals surface area contributed by atoms with E-state index in [0.717, 1.165) is 25.3 Å². The van der Waals surface area contributed by atoms with Gasteiger partial charge in [0.1, 0.15) is 0 Å². The van der Waals surface area contributed by atoms with Crippen molar-refractivity contribution < 1.29 is 15.0 Å². The van der Waals surface area contributed by atoms with Gasteiger partial charge < -0.3 is 10.2 Å². The highest BCUT2D eigenvalue weighted by Gasteiger charge is 2.31. The summed E-state index contributed by atoms with van der Waals surface area (Å²) in [6.07, 6.45) is 6.92. The molecule has 1 aliphatic carbocycles. The van der Waals surface area contributed by atoms with Crippen LogP contribution in [0.4, 0.5) is 0 Å². The van der Waals surface area contributed by atoms with Crippen molar-refractivity contribution in [1.82, 2.24) is 0 Å². The Hall–Kier alpha value is -0.830.